The Hall–Kier alpha value is -0.320. The van der Waals surface area contributed by atoms with Gasteiger partial charge in [0.1, 0.15) is 29.6 Å². The third kappa shape index (κ3) is 2.40. The first-order chi connectivity index (χ1) is 9.99. The van der Waals surface area contributed by atoms with Gasteiger partial charge in [-0.1, -0.05) is 11.8 Å². The third-order valence-corrected chi connectivity index (χ3v) is 7.15. The second-order valence-corrected chi connectivity index (χ2v) is 8.01. The fourth-order valence-corrected chi connectivity index (χ4v) is 5.24. The SMILES string of the molecule is CS[C@@]1(c2nc3n(n2)CCCC3)S[C@H](O)[C@@H](O)[C@@H](O)[C@@H]1O. The molecule has 2 aliphatic heterocycles. The Labute approximate surface area is 130 Å². The molecule has 118 valence electrons. The molecule has 0 amide bonds. The number of hydrogen-bond acceptors (Lipinski definition) is 8. The molecule has 1 saturated heterocycles. The van der Waals surface area contributed by atoms with Gasteiger partial charge in [-0.05, 0) is 19.1 Å². The number of nitrogens with zero attached hydrogens (tertiary/aromatic N) is 3. The van der Waals surface area contributed by atoms with E-state index in [9.17, 15) is 20.4 Å². The molecule has 0 spiro atoms. The number of aliphatic hydroxyl groups is 4. The molecule has 0 saturated carbocycles. The zero-order chi connectivity index (χ0) is 15.2. The minimum atomic E-state index is -1.44. The summed E-state index contributed by atoms with van der Waals surface area (Å²) in [6.07, 6.45) is 0.627. The number of thioether (sulfide) groups is 2. The van der Waals surface area contributed by atoms with Crippen molar-refractivity contribution >= 4 is 23.5 Å². The molecule has 3 heterocycles. The Morgan fingerprint density at radius 2 is 2.00 bits per heavy atom. The van der Waals surface area contributed by atoms with Crippen LogP contribution in [0.4, 0.5) is 0 Å². The van der Waals surface area contributed by atoms with E-state index in [1.54, 1.807) is 6.26 Å². The van der Waals surface area contributed by atoms with Crippen LogP contribution < -0.4 is 0 Å². The van der Waals surface area contributed by atoms with Crippen molar-refractivity contribution in [1.29, 1.82) is 0 Å². The molecular weight excluding hydrogens is 314 g/mol. The standard InChI is InChI=1S/C12H19N3O4S2/c1-20-12(9(18)7(16)8(17)10(19)21-12)11-13-6-4-2-3-5-15(6)14-11/h7-10,16-19H,2-5H2,1H3/t7-,8+,9+,10+,12-/m1/s1. The number of aromatic nitrogens is 3. The van der Waals surface area contributed by atoms with Crippen molar-refractivity contribution in [3.05, 3.63) is 11.6 Å². The number of hydrogen-bond donors (Lipinski definition) is 4. The van der Waals surface area contributed by atoms with Gasteiger partial charge in [0.15, 0.2) is 9.90 Å². The third-order valence-electron chi connectivity index (χ3n) is 4.03. The summed E-state index contributed by atoms with van der Waals surface area (Å²) in [7, 11) is 0. The number of aryl methyl sites for hydroxylation is 2. The van der Waals surface area contributed by atoms with Crippen LogP contribution in [0.5, 0.6) is 0 Å². The Morgan fingerprint density at radius 1 is 1.24 bits per heavy atom. The van der Waals surface area contributed by atoms with Crippen molar-refractivity contribution in [2.75, 3.05) is 6.26 Å². The number of fused-ring (bicyclic) bond motifs is 1. The van der Waals surface area contributed by atoms with Crippen LogP contribution in [0.15, 0.2) is 0 Å². The smallest absolute Gasteiger partial charge is 0.179 e. The molecule has 7 nitrogen and oxygen atoms in total. The quantitative estimate of drug-likeness (QED) is 0.561. The Bertz CT molecular complexity index is 505. The fraction of sp³-hybridized carbons (Fsp3) is 0.833. The molecule has 2 aliphatic rings. The molecule has 21 heavy (non-hydrogen) atoms. The van der Waals surface area contributed by atoms with Gasteiger partial charge in [0, 0.05) is 13.0 Å². The molecule has 0 unspecified atom stereocenters. The van der Waals surface area contributed by atoms with Gasteiger partial charge in [-0.3, -0.25) is 0 Å². The van der Waals surface area contributed by atoms with Gasteiger partial charge in [-0.2, -0.15) is 5.10 Å². The lowest BCUT2D eigenvalue weighted by molar-refractivity contribution is -0.0970. The Morgan fingerprint density at radius 3 is 2.67 bits per heavy atom. The highest BCUT2D eigenvalue weighted by molar-refractivity contribution is 8.17. The van der Waals surface area contributed by atoms with Gasteiger partial charge < -0.3 is 20.4 Å². The van der Waals surface area contributed by atoms with Gasteiger partial charge in [-0.25, -0.2) is 9.67 Å². The first-order valence-corrected chi connectivity index (χ1v) is 8.99. The lowest BCUT2D eigenvalue weighted by Crippen LogP contribution is -2.57. The van der Waals surface area contributed by atoms with Crippen molar-refractivity contribution in [2.45, 2.75) is 53.6 Å². The largest absolute Gasteiger partial charge is 0.387 e. The highest BCUT2D eigenvalue weighted by Gasteiger charge is 2.56. The van der Waals surface area contributed by atoms with Crippen LogP contribution in [0.1, 0.15) is 24.5 Å². The maximum atomic E-state index is 10.4. The molecule has 1 aromatic heterocycles. The number of rotatable bonds is 2. The van der Waals surface area contributed by atoms with Crippen LogP contribution in [0, 0.1) is 0 Å². The van der Waals surface area contributed by atoms with Crippen LogP contribution in [0.2, 0.25) is 0 Å². The average molecular weight is 333 g/mol. The van der Waals surface area contributed by atoms with Gasteiger partial charge in [-0.15, -0.1) is 11.8 Å². The van der Waals surface area contributed by atoms with Gasteiger partial charge >= 0.3 is 0 Å². The first-order valence-electron chi connectivity index (χ1n) is 6.89. The summed E-state index contributed by atoms with van der Waals surface area (Å²) >= 11 is 2.26. The Kier molecular flexibility index (Phi) is 4.23. The molecular formula is C12H19N3O4S2. The molecule has 0 bridgehead atoms. The van der Waals surface area contributed by atoms with Crippen molar-refractivity contribution in [3.63, 3.8) is 0 Å². The minimum absolute atomic E-state index is 0.398. The summed E-state index contributed by atoms with van der Waals surface area (Å²) in [5.41, 5.74) is -1.20. The second kappa shape index (κ2) is 5.71. The summed E-state index contributed by atoms with van der Waals surface area (Å²) in [5, 5.41) is 44.6. The normalized spacial score (nSPS) is 40.0. The molecule has 1 fully saturated rings. The van der Waals surface area contributed by atoms with Crippen LogP contribution in [-0.4, -0.2) is 65.2 Å². The molecule has 1 aromatic rings. The molecule has 5 atom stereocenters. The molecule has 9 heteroatoms. The van der Waals surface area contributed by atoms with Crippen molar-refractivity contribution in [3.8, 4) is 0 Å². The Balaban J connectivity index is 2.01. The zero-order valence-corrected chi connectivity index (χ0v) is 13.2. The van der Waals surface area contributed by atoms with Crippen molar-refractivity contribution in [2.24, 2.45) is 0 Å². The van der Waals surface area contributed by atoms with Crippen LogP contribution in [0.3, 0.4) is 0 Å². The van der Waals surface area contributed by atoms with E-state index in [0.29, 0.717) is 5.82 Å². The van der Waals surface area contributed by atoms with Crippen molar-refractivity contribution < 1.29 is 20.4 Å². The summed E-state index contributed by atoms with van der Waals surface area (Å²) in [5.74, 6) is 1.27. The van der Waals surface area contributed by atoms with E-state index in [1.807, 2.05) is 4.68 Å². The van der Waals surface area contributed by atoms with E-state index in [-0.39, 0.29) is 0 Å². The number of aliphatic hydroxyl groups excluding tert-OH is 4. The maximum absolute atomic E-state index is 10.4. The van der Waals surface area contributed by atoms with Gasteiger partial charge in [0.2, 0.25) is 0 Å². The first kappa shape index (κ1) is 15.6. The predicted octanol–water partition coefficient (Wildman–Crippen LogP) is -0.722. The molecule has 0 aromatic carbocycles. The monoisotopic (exact) mass is 333 g/mol. The summed E-state index contributed by atoms with van der Waals surface area (Å²) in [4.78, 5) is 4.51. The topological polar surface area (TPSA) is 112 Å². The van der Waals surface area contributed by atoms with E-state index in [1.165, 1.54) is 11.8 Å². The fourth-order valence-electron chi connectivity index (χ4n) is 2.77. The van der Waals surface area contributed by atoms with E-state index in [0.717, 1.165) is 43.4 Å². The van der Waals surface area contributed by atoms with E-state index in [4.69, 9.17) is 0 Å². The molecule has 4 N–H and O–H groups in total. The summed E-state index contributed by atoms with van der Waals surface area (Å²) in [6, 6.07) is 0. The molecule has 0 radical (unpaired) electrons. The second-order valence-electron chi connectivity index (χ2n) is 5.34. The predicted molar refractivity (Wildman–Crippen MR) is 79.8 cm³/mol. The zero-order valence-electron chi connectivity index (χ0n) is 11.6. The van der Waals surface area contributed by atoms with E-state index < -0.39 is 27.8 Å². The minimum Gasteiger partial charge on any atom is -0.387 e. The van der Waals surface area contributed by atoms with Gasteiger partial charge in [0.25, 0.3) is 0 Å². The lowest BCUT2D eigenvalue weighted by Gasteiger charge is -2.44. The van der Waals surface area contributed by atoms with Crippen molar-refractivity contribution in [1.82, 2.24) is 14.8 Å². The maximum Gasteiger partial charge on any atom is 0.179 e. The summed E-state index contributed by atoms with van der Waals surface area (Å²) in [6.45, 7) is 0.793. The average Bonchev–Trinajstić information content (AvgIpc) is 2.93. The van der Waals surface area contributed by atoms with Crippen LogP contribution >= 0.6 is 23.5 Å². The summed E-state index contributed by atoms with van der Waals surface area (Å²) < 4.78 is 0.746. The van der Waals surface area contributed by atoms with Crippen LogP contribution in [-0.2, 0) is 17.0 Å². The van der Waals surface area contributed by atoms with E-state index in [2.05, 4.69) is 10.1 Å². The van der Waals surface area contributed by atoms with Gasteiger partial charge in [0.05, 0.1) is 0 Å². The van der Waals surface area contributed by atoms with E-state index >= 15 is 0 Å². The highest BCUT2D eigenvalue weighted by atomic mass is 32.2. The molecule has 3 rings (SSSR count). The molecule has 0 aliphatic carbocycles. The highest BCUT2D eigenvalue weighted by Crippen LogP contribution is 2.53. The lowest BCUT2D eigenvalue weighted by atomic mass is 10.0. The van der Waals surface area contributed by atoms with Crippen LogP contribution in [0.25, 0.3) is 0 Å².